The van der Waals surface area contributed by atoms with Crippen LogP contribution >= 0.6 is 0 Å². The summed E-state index contributed by atoms with van der Waals surface area (Å²) in [6, 6.07) is 4.68. The summed E-state index contributed by atoms with van der Waals surface area (Å²) >= 11 is 0. The van der Waals surface area contributed by atoms with Crippen LogP contribution in [0.25, 0.3) is 0 Å². The van der Waals surface area contributed by atoms with Crippen molar-refractivity contribution in [2.45, 2.75) is 26.9 Å². The summed E-state index contributed by atoms with van der Waals surface area (Å²) in [5, 5.41) is 14.0. The van der Waals surface area contributed by atoms with Crippen LogP contribution in [-0.2, 0) is 9.84 Å². The lowest BCUT2D eigenvalue weighted by Gasteiger charge is -2.13. The molecule has 1 aromatic rings. The number of hydrogen-bond acceptors (Lipinski definition) is 6. The lowest BCUT2D eigenvalue weighted by Crippen LogP contribution is -2.18. The molecule has 0 aliphatic rings. The Bertz CT molecular complexity index is 599. The van der Waals surface area contributed by atoms with Crippen molar-refractivity contribution in [2.75, 3.05) is 23.4 Å². The van der Waals surface area contributed by atoms with E-state index in [0.29, 0.717) is 0 Å². The minimum absolute atomic E-state index is 0.0489. The zero-order valence-electron chi connectivity index (χ0n) is 12.3. The second-order valence-electron chi connectivity index (χ2n) is 4.74. The van der Waals surface area contributed by atoms with Crippen LogP contribution in [0.1, 0.15) is 20.8 Å². The summed E-state index contributed by atoms with van der Waals surface area (Å²) in [4.78, 5) is 10.7. The zero-order chi connectivity index (χ0) is 16.0. The number of nitro groups is 1. The van der Waals surface area contributed by atoms with E-state index in [0.717, 1.165) is 0 Å². The van der Waals surface area contributed by atoms with E-state index >= 15 is 0 Å². The van der Waals surface area contributed by atoms with Gasteiger partial charge in [-0.3, -0.25) is 10.1 Å². The van der Waals surface area contributed by atoms with Gasteiger partial charge in [-0.05, 0) is 26.0 Å². The van der Waals surface area contributed by atoms with Gasteiger partial charge in [-0.1, -0.05) is 13.0 Å². The van der Waals surface area contributed by atoms with E-state index in [9.17, 15) is 18.5 Å². The molecule has 21 heavy (non-hydrogen) atoms. The molecule has 0 bridgehead atoms. The highest BCUT2D eigenvalue weighted by Gasteiger charge is 2.21. The molecule has 0 heterocycles. The average molecular weight is 316 g/mol. The molecular weight excluding hydrogens is 296 g/mol. The third-order valence-electron chi connectivity index (χ3n) is 2.71. The lowest BCUT2D eigenvalue weighted by molar-refractivity contribution is -0.385. The van der Waals surface area contributed by atoms with Crippen molar-refractivity contribution < 1.29 is 18.1 Å². The van der Waals surface area contributed by atoms with Crippen molar-refractivity contribution in [1.82, 2.24) is 0 Å². The SMILES string of the molecule is CCS(=O)(=O)CCNc1cccc(OC(C)C)c1[N+](=O)[O-]. The van der Waals surface area contributed by atoms with Crippen molar-refractivity contribution in [1.29, 1.82) is 0 Å². The van der Waals surface area contributed by atoms with Gasteiger partial charge < -0.3 is 10.1 Å². The molecule has 118 valence electrons. The molecule has 0 atom stereocenters. The highest BCUT2D eigenvalue weighted by molar-refractivity contribution is 7.91. The maximum atomic E-state index is 11.4. The summed E-state index contributed by atoms with van der Waals surface area (Å²) in [5.74, 6) is 0.141. The van der Waals surface area contributed by atoms with Crippen LogP contribution in [0.5, 0.6) is 5.75 Å². The molecule has 1 rings (SSSR count). The molecule has 0 amide bonds. The molecule has 0 saturated carbocycles. The first-order chi connectivity index (χ1) is 9.76. The van der Waals surface area contributed by atoms with Crippen molar-refractivity contribution in [2.24, 2.45) is 0 Å². The number of nitrogens with one attached hydrogen (secondary N) is 1. The predicted octanol–water partition coefficient (Wildman–Crippen LogP) is 2.23. The summed E-state index contributed by atoms with van der Waals surface area (Å²) in [7, 11) is -3.12. The fourth-order valence-corrected chi connectivity index (χ4v) is 2.39. The molecule has 0 fully saturated rings. The number of sulfone groups is 1. The highest BCUT2D eigenvalue weighted by atomic mass is 32.2. The number of ether oxygens (including phenoxy) is 1. The Balaban J connectivity index is 2.94. The van der Waals surface area contributed by atoms with E-state index in [4.69, 9.17) is 4.74 Å². The molecule has 0 aliphatic heterocycles. The normalized spacial score (nSPS) is 11.4. The minimum atomic E-state index is -3.12. The predicted molar refractivity (Wildman–Crippen MR) is 81.7 cm³/mol. The Labute approximate surface area is 124 Å². The van der Waals surface area contributed by atoms with Gasteiger partial charge in [-0.15, -0.1) is 0 Å². The molecular formula is C13H20N2O5S. The standard InChI is InChI=1S/C13H20N2O5S/c1-4-21(18,19)9-8-14-11-6-5-7-12(20-10(2)3)13(11)15(16)17/h5-7,10,14H,4,8-9H2,1-3H3. The first-order valence-corrected chi connectivity index (χ1v) is 8.47. The Morgan fingerprint density at radius 3 is 2.57 bits per heavy atom. The van der Waals surface area contributed by atoms with Crippen LogP contribution < -0.4 is 10.1 Å². The number of nitrogens with zero attached hydrogens (tertiary/aromatic N) is 1. The summed E-state index contributed by atoms with van der Waals surface area (Å²) < 4.78 is 28.3. The van der Waals surface area contributed by atoms with E-state index in [1.165, 1.54) is 12.1 Å². The summed E-state index contributed by atoms with van der Waals surface area (Å²) in [6.45, 7) is 5.23. The molecule has 0 saturated heterocycles. The molecule has 0 aliphatic carbocycles. The number of rotatable bonds is 8. The monoisotopic (exact) mass is 316 g/mol. The first-order valence-electron chi connectivity index (χ1n) is 6.65. The average Bonchev–Trinajstić information content (AvgIpc) is 2.37. The van der Waals surface area contributed by atoms with Gasteiger partial charge in [0.05, 0.1) is 16.8 Å². The summed E-state index contributed by atoms with van der Waals surface area (Å²) in [5.41, 5.74) is 0.0737. The zero-order valence-corrected chi connectivity index (χ0v) is 13.1. The second-order valence-corrected chi connectivity index (χ2v) is 7.21. The maximum Gasteiger partial charge on any atom is 0.333 e. The van der Waals surface area contributed by atoms with E-state index < -0.39 is 14.8 Å². The van der Waals surface area contributed by atoms with Crippen LogP contribution in [0.2, 0.25) is 0 Å². The Hall–Kier alpha value is -1.83. The van der Waals surface area contributed by atoms with Crippen LogP contribution in [0.3, 0.4) is 0 Å². The third kappa shape index (κ3) is 5.22. The van der Waals surface area contributed by atoms with Crippen molar-refractivity contribution >= 4 is 21.2 Å². The van der Waals surface area contributed by atoms with Gasteiger partial charge in [0.1, 0.15) is 5.69 Å². The number of hydrogen-bond donors (Lipinski definition) is 1. The number of para-hydroxylation sites is 1. The van der Waals surface area contributed by atoms with E-state index in [-0.39, 0.29) is 41.3 Å². The van der Waals surface area contributed by atoms with Crippen molar-refractivity contribution in [3.05, 3.63) is 28.3 Å². The third-order valence-corrected chi connectivity index (χ3v) is 4.42. The minimum Gasteiger partial charge on any atom is -0.484 e. The lowest BCUT2D eigenvalue weighted by atomic mass is 10.2. The van der Waals surface area contributed by atoms with Crippen LogP contribution in [0.15, 0.2) is 18.2 Å². The largest absolute Gasteiger partial charge is 0.484 e. The van der Waals surface area contributed by atoms with Gasteiger partial charge in [0.15, 0.2) is 15.6 Å². The van der Waals surface area contributed by atoms with Crippen molar-refractivity contribution in [3.8, 4) is 5.75 Å². The van der Waals surface area contributed by atoms with Crippen LogP contribution in [0, 0.1) is 10.1 Å². The molecule has 1 aromatic carbocycles. The highest BCUT2D eigenvalue weighted by Crippen LogP contribution is 2.35. The number of nitro benzene ring substituents is 1. The van der Waals surface area contributed by atoms with Gasteiger partial charge in [-0.25, -0.2) is 8.42 Å². The maximum absolute atomic E-state index is 11.4. The fourth-order valence-electron chi connectivity index (χ4n) is 1.69. The molecule has 1 N–H and O–H groups in total. The summed E-state index contributed by atoms with van der Waals surface area (Å²) in [6.07, 6.45) is -0.195. The molecule has 0 spiro atoms. The smallest absolute Gasteiger partial charge is 0.333 e. The first kappa shape index (κ1) is 17.2. The van der Waals surface area contributed by atoms with E-state index in [1.54, 1.807) is 26.8 Å². The molecule has 0 aromatic heterocycles. The Morgan fingerprint density at radius 1 is 1.38 bits per heavy atom. The van der Waals surface area contributed by atoms with E-state index in [2.05, 4.69) is 5.32 Å². The van der Waals surface area contributed by atoms with E-state index in [1.807, 2.05) is 0 Å². The van der Waals surface area contributed by atoms with Gasteiger partial charge in [0, 0.05) is 12.3 Å². The van der Waals surface area contributed by atoms with Gasteiger partial charge in [0.25, 0.3) is 0 Å². The molecule has 0 radical (unpaired) electrons. The number of anilines is 1. The fraction of sp³-hybridized carbons (Fsp3) is 0.538. The molecule has 7 nitrogen and oxygen atoms in total. The number of benzene rings is 1. The Kier molecular flexibility index (Phi) is 5.95. The van der Waals surface area contributed by atoms with Crippen molar-refractivity contribution in [3.63, 3.8) is 0 Å². The quantitative estimate of drug-likeness (QED) is 0.583. The Morgan fingerprint density at radius 2 is 2.05 bits per heavy atom. The van der Waals surface area contributed by atoms with Gasteiger partial charge in [0.2, 0.25) is 0 Å². The molecule has 8 heteroatoms. The second kappa shape index (κ2) is 7.26. The van der Waals surface area contributed by atoms with Gasteiger partial charge in [-0.2, -0.15) is 0 Å². The molecule has 0 unspecified atom stereocenters. The topological polar surface area (TPSA) is 98.5 Å². The van der Waals surface area contributed by atoms with Crippen LogP contribution in [0.4, 0.5) is 11.4 Å². The van der Waals surface area contributed by atoms with Gasteiger partial charge >= 0.3 is 5.69 Å². The van der Waals surface area contributed by atoms with Crippen LogP contribution in [-0.4, -0.2) is 37.5 Å².